The molecule has 0 unspecified atom stereocenters. The molecular weight excluding hydrogens is 622 g/mol. The van der Waals surface area contributed by atoms with Gasteiger partial charge in [0.25, 0.3) is 5.91 Å². The fourth-order valence-corrected chi connectivity index (χ4v) is 5.26. The number of aromatic nitrogens is 3. The van der Waals surface area contributed by atoms with Crippen LogP contribution in [0.15, 0.2) is 42.6 Å². The van der Waals surface area contributed by atoms with Crippen LogP contribution in [0.4, 0.5) is 17.6 Å². The molecule has 0 spiro atoms. The number of nitrogens with two attached hydrogens (primary N) is 1. The Morgan fingerprint density at radius 3 is 2.58 bits per heavy atom. The van der Waals surface area contributed by atoms with Gasteiger partial charge in [-0.15, -0.1) is 0 Å². The normalized spacial score (nSPS) is 15.1. The fraction of sp³-hybridized carbons (Fsp3) is 0.333. The summed E-state index contributed by atoms with van der Waals surface area (Å²) in [5, 5.41) is 18.2. The Labute approximate surface area is 259 Å². The third-order valence-corrected chi connectivity index (χ3v) is 7.82. The van der Waals surface area contributed by atoms with Crippen LogP contribution >= 0.6 is 11.6 Å². The number of benzene rings is 2. The summed E-state index contributed by atoms with van der Waals surface area (Å²) >= 11 is 6.02. The molecule has 1 aliphatic carbocycles. The zero-order valence-corrected chi connectivity index (χ0v) is 24.8. The van der Waals surface area contributed by atoms with Crippen molar-refractivity contribution in [3.05, 3.63) is 70.3 Å². The van der Waals surface area contributed by atoms with E-state index in [9.17, 15) is 27.9 Å². The van der Waals surface area contributed by atoms with E-state index in [1.165, 1.54) is 37.4 Å². The molecule has 4 aromatic rings. The molecule has 5 rings (SSSR count). The van der Waals surface area contributed by atoms with Gasteiger partial charge in [0.2, 0.25) is 5.91 Å². The number of hydrogen-bond acceptors (Lipinski definition) is 7. The monoisotopic (exact) mass is 649 g/mol. The second-order valence-electron chi connectivity index (χ2n) is 10.6. The number of carbonyl (C=O) groups excluding carboxylic acids is 2. The van der Waals surface area contributed by atoms with Crippen molar-refractivity contribution in [2.45, 2.75) is 44.0 Å². The number of pyridine rings is 1. The topological polar surface area (TPSA) is 142 Å². The number of fused-ring (bicyclic) bond motifs is 1. The molecule has 4 N–H and O–H groups in total. The van der Waals surface area contributed by atoms with Crippen molar-refractivity contribution >= 4 is 34.3 Å². The lowest BCUT2D eigenvalue weighted by molar-refractivity contribution is -0.117. The first kappa shape index (κ1) is 32.0. The van der Waals surface area contributed by atoms with E-state index in [0.29, 0.717) is 4.68 Å². The van der Waals surface area contributed by atoms with Crippen LogP contribution in [0.5, 0.6) is 11.5 Å². The average molecular weight is 650 g/mol. The number of primary amides is 1. The summed E-state index contributed by atoms with van der Waals surface area (Å²) < 4.78 is 67.9. The third-order valence-electron chi connectivity index (χ3n) is 7.53. The SMILES string of the molecule is CCOc1c(CC(N)=O)cc([C@@](O)(CNC(=O)c2cc(OC)c3nn(C(F)F)cc3c2)C2(F)CC2)nc1-c1ccc(F)c(Cl)c1. The Morgan fingerprint density at radius 2 is 1.98 bits per heavy atom. The Morgan fingerprint density at radius 1 is 1.24 bits per heavy atom. The van der Waals surface area contributed by atoms with E-state index in [2.05, 4.69) is 15.4 Å². The molecule has 2 amide bonds. The molecule has 15 heteroatoms. The number of methoxy groups -OCH3 is 1. The molecule has 0 saturated heterocycles. The van der Waals surface area contributed by atoms with E-state index in [4.69, 9.17) is 26.8 Å². The summed E-state index contributed by atoms with van der Waals surface area (Å²) in [4.78, 5) is 29.8. The zero-order valence-electron chi connectivity index (χ0n) is 24.0. The van der Waals surface area contributed by atoms with Crippen LogP contribution in [0.2, 0.25) is 5.02 Å². The first-order valence-electron chi connectivity index (χ1n) is 13.8. The maximum Gasteiger partial charge on any atom is 0.333 e. The molecule has 0 bridgehead atoms. The van der Waals surface area contributed by atoms with E-state index in [-0.39, 0.29) is 81.4 Å². The molecule has 2 aromatic carbocycles. The highest BCUT2D eigenvalue weighted by Gasteiger charge is 2.62. The molecule has 1 atom stereocenters. The number of nitrogens with zero attached hydrogens (tertiary/aromatic N) is 3. The standard InChI is InChI=1S/C30H28ClF4N5O5/c1-3-45-26-16(12-23(36)41)11-22(38-25(26)15-4-5-20(32)19(31)9-15)30(43,29(35)6-7-29)14-37-27(42)17-8-18-13-40(28(33)34)39-24(18)21(10-17)44-2/h4-5,8-11,13,28,43H,3,6-7,12,14H2,1-2H3,(H2,36,41)(H,37,42)/t30-/m0/s1. The van der Waals surface area contributed by atoms with Crippen LogP contribution in [0.25, 0.3) is 22.2 Å². The molecule has 1 fully saturated rings. The number of rotatable bonds is 12. The molecule has 1 aliphatic rings. The van der Waals surface area contributed by atoms with Crippen LogP contribution in [-0.2, 0) is 16.8 Å². The minimum absolute atomic E-state index is 0.0325. The van der Waals surface area contributed by atoms with Gasteiger partial charge in [0, 0.05) is 28.3 Å². The van der Waals surface area contributed by atoms with Crippen molar-refractivity contribution in [3.8, 4) is 22.8 Å². The summed E-state index contributed by atoms with van der Waals surface area (Å²) in [6, 6.07) is 7.57. The number of hydrogen-bond donors (Lipinski definition) is 3. The van der Waals surface area contributed by atoms with Gasteiger partial charge in [-0.05, 0) is 56.2 Å². The summed E-state index contributed by atoms with van der Waals surface area (Å²) in [6.45, 7) is -1.79. The lowest BCUT2D eigenvalue weighted by Crippen LogP contribution is -2.49. The fourth-order valence-electron chi connectivity index (χ4n) is 5.08. The second-order valence-corrected chi connectivity index (χ2v) is 11.0. The lowest BCUT2D eigenvalue weighted by atomic mass is 9.88. The molecule has 2 aromatic heterocycles. The van der Waals surface area contributed by atoms with Crippen LogP contribution in [0.3, 0.4) is 0 Å². The Balaban J connectivity index is 1.57. The van der Waals surface area contributed by atoms with E-state index in [1.807, 2.05) is 0 Å². The minimum atomic E-state index is -2.93. The highest BCUT2D eigenvalue weighted by molar-refractivity contribution is 6.31. The van der Waals surface area contributed by atoms with Crippen LogP contribution < -0.4 is 20.5 Å². The van der Waals surface area contributed by atoms with Gasteiger partial charge in [-0.1, -0.05) is 11.6 Å². The molecule has 45 heavy (non-hydrogen) atoms. The van der Waals surface area contributed by atoms with Crippen LogP contribution in [0.1, 0.15) is 47.9 Å². The predicted octanol–water partition coefficient (Wildman–Crippen LogP) is 4.84. The summed E-state index contributed by atoms with van der Waals surface area (Å²) in [7, 11) is 1.28. The Bertz CT molecular complexity index is 1800. The molecule has 10 nitrogen and oxygen atoms in total. The van der Waals surface area contributed by atoms with Crippen LogP contribution in [-0.4, -0.2) is 57.6 Å². The average Bonchev–Trinajstić information content (AvgIpc) is 3.60. The number of ether oxygens (including phenoxy) is 2. The second kappa shape index (κ2) is 12.2. The van der Waals surface area contributed by atoms with E-state index >= 15 is 4.39 Å². The van der Waals surface area contributed by atoms with Gasteiger partial charge in [-0.2, -0.15) is 13.9 Å². The van der Waals surface area contributed by atoms with Gasteiger partial charge in [0.15, 0.2) is 5.60 Å². The van der Waals surface area contributed by atoms with Crippen molar-refractivity contribution in [1.82, 2.24) is 20.1 Å². The van der Waals surface area contributed by atoms with Crippen molar-refractivity contribution in [1.29, 1.82) is 0 Å². The number of nitrogens with one attached hydrogen (secondary N) is 1. The van der Waals surface area contributed by atoms with Gasteiger partial charge in [-0.25, -0.2) is 18.4 Å². The zero-order chi connectivity index (χ0) is 32.7. The summed E-state index contributed by atoms with van der Waals surface area (Å²) in [5.74, 6) is -2.10. The number of aliphatic hydroxyl groups is 1. The molecule has 0 aliphatic heterocycles. The van der Waals surface area contributed by atoms with Crippen molar-refractivity contribution in [2.75, 3.05) is 20.3 Å². The Hall–Kier alpha value is -4.43. The maximum atomic E-state index is 16.0. The lowest BCUT2D eigenvalue weighted by Gasteiger charge is -2.33. The molecular formula is C30H28ClF4N5O5. The Kier molecular flexibility index (Phi) is 8.64. The predicted molar refractivity (Wildman–Crippen MR) is 156 cm³/mol. The minimum Gasteiger partial charge on any atom is -0.494 e. The van der Waals surface area contributed by atoms with Crippen molar-refractivity contribution in [3.63, 3.8) is 0 Å². The van der Waals surface area contributed by atoms with Gasteiger partial charge < -0.3 is 25.6 Å². The van der Waals surface area contributed by atoms with Gasteiger partial charge in [-0.3, -0.25) is 9.59 Å². The maximum absolute atomic E-state index is 16.0. The number of carbonyl (C=O) groups is 2. The number of alkyl halides is 3. The summed E-state index contributed by atoms with van der Waals surface area (Å²) in [6.07, 6.45) is 0.539. The molecule has 2 heterocycles. The van der Waals surface area contributed by atoms with Gasteiger partial charge in [0.1, 0.15) is 34.2 Å². The van der Waals surface area contributed by atoms with Crippen molar-refractivity contribution in [2.24, 2.45) is 5.73 Å². The van der Waals surface area contributed by atoms with Crippen LogP contribution in [0, 0.1) is 5.82 Å². The smallest absolute Gasteiger partial charge is 0.333 e. The first-order chi connectivity index (χ1) is 21.3. The third kappa shape index (κ3) is 6.12. The first-order valence-corrected chi connectivity index (χ1v) is 14.1. The van der Waals surface area contributed by atoms with Crippen molar-refractivity contribution < 1.29 is 41.7 Å². The molecule has 238 valence electrons. The quantitative estimate of drug-likeness (QED) is 0.187. The molecule has 0 radical (unpaired) electrons. The van der Waals surface area contributed by atoms with E-state index in [0.717, 1.165) is 12.3 Å². The molecule has 1 saturated carbocycles. The highest BCUT2D eigenvalue weighted by Crippen LogP contribution is 2.53. The van der Waals surface area contributed by atoms with E-state index < -0.39 is 42.0 Å². The largest absolute Gasteiger partial charge is 0.494 e. The summed E-state index contributed by atoms with van der Waals surface area (Å²) in [5.41, 5.74) is 1.12. The number of amides is 2. The van der Waals surface area contributed by atoms with E-state index in [1.54, 1.807) is 6.92 Å². The van der Waals surface area contributed by atoms with Gasteiger partial charge >= 0.3 is 6.55 Å². The van der Waals surface area contributed by atoms with Gasteiger partial charge in [0.05, 0.1) is 37.4 Å². The highest BCUT2D eigenvalue weighted by atomic mass is 35.5. The number of halogens is 5.